The first kappa shape index (κ1) is 16.2. The van der Waals surface area contributed by atoms with E-state index in [0.29, 0.717) is 12.2 Å². The van der Waals surface area contributed by atoms with Crippen molar-refractivity contribution in [2.75, 3.05) is 0 Å². The van der Waals surface area contributed by atoms with Crippen LogP contribution < -0.4 is 5.32 Å². The van der Waals surface area contributed by atoms with Gasteiger partial charge in [0.05, 0.1) is 5.52 Å². The molecular weight excluding hydrogens is 307 g/mol. The Kier molecular flexibility index (Phi) is 4.38. The number of aromatic nitrogens is 3. The molecule has 126 valence electrons. The molecule has 1 amide bonds. The first-order valence-corrected chi connectivity index (χ1v) is 8.08. The third-order valence-electron chi connectivity index (χ3n) is 4.29. The molecule has 0 aliphatic rings. The lowest BCUT2D eigenvalue weighted by Gasteiger charge is -2.09. The molecule has 1 aromatic carbocycles. The van der Waals surface area contributed by atoms with E-state index in [2.05, 4.69) is 15.4 Å². The molecule has 0 saturated heterocycles. The Bertz CT molecular complexity index is 894. The maximum absolute atomic E-state index is 13.9. The molecule has 3 rings (SSSR count). The Balaban J connectivity index is 1.84. The smallest absolute Gasteiger partial charge is 0.269 e. The molecule has 2 aromatic heterocycles. The highest BCUT2D eigenvalue weighted by Gasteiger charge is 2.14. The lowest BCUT2D eigenvalue weighted by molar-refractivity contribution is 0.0940. The van der Waals surface area contributed by atoms with Crippen LogP contribution in [-0.4, -0.2) is 20.7 Å². The summed E-state index contributed by atoms with van der Waals surface area (Å²) in [4.78, 5) is 15.7. The molecule has 0 bridgehead atoms. The maximum Gasteiger partial charge on any atom is 0.269 e. The quantitative estimate of drug-likeness (QED) is 0.753. The van der Waals surface area contributed by atoms with E-state index in [1.54, 1.807) is 16.9 Å². The van der Waals surface area contributed by atoms with Gasteiger partial charge in [0, 0.05) is 30.4 Å². The van der Waals surface area contributed by atoms with Crippen molar-refractivity contribution in [1.29, 1.82) is 0 Å². The van der Waals surface area contributed by atoms with Gasteiger partial charge in [-0.25, -0.2) is 4.39 Å². The molecule has 0 atom stereocenters. The van der Waals surface area contributed by atoms with Crippen molar-refractivity contribution in [1.82, 2.24) is 20.1 Å². The van der Waals surface area contributed by atoms with Crippen molar-refractivity contribution in [3.63, 3.8) is 0 Å². The number of carbonyl (C=O) groups is 1. The molecular formula is C18H21FN4O. The normalized spacial score (nSPS) is 11.2. The number of nitrogens with one attached hydrogen (secondary N) is 2. The zero-order valence-electron chi connectivity index (χ0n) is 14.1. The summed E-state index contributed by atoms with van der Waals surface area (Å²) in [7, 11) is 0. The van der Waals surface area contributed by atoms with Crippen LogP contribution in [0.25, 0.3) is 10.9 Å². The van der Waals surface area contributed by atoms with E-state index in [4.69, 9.17) is 0 Å². The Morgan fingerprint density at radius 3 is 2.92 bits per heavy atom. The number of carbonyl (C=O) groups excluding carboxylic acids is 1. The second-order valence-electron chi connectivity index (χ2n) is 5.98. The fraction of sp³-hybridized carbons (Fsp3) is 0.333. The summed E-state index contributed by atoms with van der Waals surface area (Å²) < 4.78 is 15.6. The summed E-state index contributed by atoms with van der Waals surface area (Å²) in [5, 5.41) is 7.87. The Hall–Kier alpha value is -2.63. The maximum atomic E-state index is 13.9. The highest BCUT2D eigenvalue weighted by Crippen LogP contribution is 2.25. The van der Waals surface area contributed by atoms with Gasteiger partial charge in [0.25, 0.3) is 5.91 Å². The minimum atomic E-state index is -0.301. The zero-order chi connectivity index (χ0) is 17.3. The van der Waals surface area contributed by atoms with Crippen LogP contribution in [0, 0.1) is 19.7 Å². The molecule has 0 radical (unpaired) electrons. The molecule has 0 aliphatic heterocycles. The largest absolute Gasteiger partial charge is 0.358 e. The SMILES string of the molecule is CCCn1nccc1C(=O)NCc1cc(F)cc2c(C)c(C)[nH]c12. The molecule has 0 fully saturated rings. The minimum absolute atomic E-state index is 0.210. The van der Waals surface area contributed by atoms with Crippen LogP contribution in [0.5, 0.6) is 0 Å². The second kappa shape index (κ2) is 6.47. The molecule has 2 heterocycles. The van der Waals surface area contributed by atoms with E-state index in [1.807, 2.05) is 20.8 Å². The van der Waals surface area contributed by atoms with Crippen molar-refractivity contribution in [3.05, 3.63) is 52.7 Å². The van der Waals surface area contributed by atoms with E-state index < -0.39 is 0 Å². The average Bonchev–Trinajstić information content (AvgIpc) is 3.12. The Labute approximate surface area is 139 Å². The predicted octanol–water partition coefficient (Wildman–Crippen LogP) is 3.46. The van der Waals surface area contributed by atoms with E-state index >= 15 is 0 Å². The van der Waals surface area contributed by atoms with Gasteiger partial charge >= 0.3 is 0 Å². The van der Waals surface area contributed by atoms with Gasteiger partial charge in [0.2, 0.25) is 0 Å². The molecule has 24 heavy (non-hydrogen) atoms. The number of benzene rings is 1. The number of fused-ring (bicyclic) bond motifs is 1. The molecule has 6 heteroatoms. The second-order valence-corrected chi connectivity index (χ2v) is 5.98. The molecule has 3 aromatic rings. The number of halogens is 1. The van der Waals surface area contributed by atoms with Crippen molar-refractivity contribution < 1.29 is 9.18 Å². The van der Waals surface area contributed by atoms with Gasteiger partial charge in [-0.15, -0.1) is 0 Å². The summed E-state index contributed by atoms with van der Waals surface area (Å²) in [5.41, 5.74) is 4.15. The van der Waals surface area contributed by atoms with Gasteiger partial charge < -0.3 is 10.3 Å². The van der Waals surface area contributed by atoms with Crippen molar-refractivity contribution in [3.8, 4) is 0 Å². The van der Waals surface area contributed by atoms with Crippen molar-refractivity contribution in [2.45, 2.75) is 40.3 Å². The molecule has 0 saturated carbocycles. The number of rotatable bonds is 5. The number of amides is 1. The number of hydrogen-bond acceptors (Lipinski definition) is 2. The number of aromatic amines is 1. The van der Waals surface area contributed by atoms with E-state index in [9.17, 15) is 9.18 Å². The summed E-state index contributed by atoms with van der Waals surface area (Å²) in [6, 6.07) is 4.67. The number of aryl methyl sites for hydroxylation is 3. The van der Waals surface area contributed by atoms with Gasteiger partial charge in [-0.3, -0.25) is 9.48 Å². The number of nitrogens with zero attached hydrogens (tertiary/aromatic N) is 2. The zero-order valence-corrected chi connectivity index (χ0v) is 14.1. The predicted molar refractivity (Wildman–Crippen MR) is 91.4 cm³/mol. The Morgan fingerprint density at radius 2 is 2.17 bits per heavy atom. The van der Waals surface area contributed by atoms with Crippen LogP contribution in [0.1, 0.15) is 40.7 Å². The summed E-state index contributed by atoms with van der Waals surface area (Å²) >= 11 is 0. The van der Waals surface area contributed by atoms with E-state index in [1.165, 1.54) is 12.1 Å². The van der Waals surface area contributed by atoms with Crippen molar-refractivity contribution in [2.24, 2.45) is 0 Å². The van der Waals surface area contributed by atoms with E-state index in [0.717, 1.165) is 34.1 Å². The molecule has 0 unspecified atom stereocenters. The monoisotopic (exact) mass is 328 g/mol. The average molecular weight is 328 g/mol. The molecule has 0 aliphatic carbocycles. The van der Waals surface area contributed by atoms with Gasteiger partial charge in [-0.2, -0.15) is 5.10 Å². The van der Waals surface area contributed by atoms with E-state index in [-0.39, 0.29) is 18.3 Å². The van der Waals surface area contributed by atoms with Crippen LogP contribution in [0.3, 0.4) is 0 Å². The van der Waals surface area contributed by atoms with Crippen LogP contribution >= 0.6 is 0 Å². The topological polar surface area (TPSA) is 62.7 Å². The molecule has 0 spiro atoms. The lowest BCUT2D eigenvalue weighted by atomic mass is 10.1. The lowest BCUT2D eigenvalue weighted by Crippen LogP contribution is -2.26. The van der Waals surface area contributed by atoms with Gasteiger partial charge in [0.15, 0.2) is 0 Å². The fourth-order valence-electron chi connectivity index (χ4n) is 2.91. The van der Waals surface area contributed by atoms with Gasteiger partial charge in [-0.1, -0.05) is 6.92 Å². The fourth-order valence-corrected chi connectivity index (χ4v) is 2.91. The highest BCUT2D eigenvalue weighted by atomic mass is 19.1. The summed E-state index contributed by atoms with van der Waals surface area (Å²) in [6.07, 6.45) is 2.51. The highest BCUT2D eigenvalue weighted by molar-refractivity contribution is 5.93. The van der Waals surface area contributed by atoms with Crippen LogP contribution in [0.15, 0.2) is 24.4 Å². The first-order chi connectivity index (χ1) is 11.5. The standard InChI is InChI=1S/C18H21FN4O/c1-4-7-23-16(5-6-21-23)18(24)20-10-13-8-14(19)9-15-11(2)12(3)22-17(13)15/h5-6,8-9,22H,4,7,10H2,1-3H3,(H,20,24). The molecule has 2 N–H and O–H groups in total. The van der Waals surface area contributed by atoms with Crippen molar-refractivity contribution >= 4 is 16.8 Å². The van der Waals surface area contributed by atoms with Crippen LogP contribution in [0.4, 0.5) is 4.39 Å². The van der Waals surface area contributed by atoms with Gasteiger partial charge in [0.1, 0.15) is 11.5 Å². The number of H-pyrrole nitrogens is 1. The van der Waals surface area contributed by atoms with Gasteiger partial charge in [-0.05, 0) is 49.6 Å². The Morgan fingerprint density at radius 1 is 1.38 bits per heavy atom. The minimum Gasteiger partial charge on any atom is -0.358 e. The van der Waals surface area contributed by atoms with Crippen LogP contribution in [-0.2, 0) is 13.1 Å². The molecule has 5 nitrogen and oxygen atoms in total. The summed E-state index contributed by atoms with van der Waals surface area (Å²) in [6.45, 7) is 6.89. The third kappa shape index (κ3) is 2.91. The third-order valence-corrected chi connectivity index (χ3v) is 4.29. The number of hydrogen-bond donors (Lipinski definition) is 2. The summed E-state index contributed by atoms with van der Waals surface area (Å²) in [5.74, 6) is -0.511. The first-order valence-electron chi connectivity index (χ1n) is 8.08. The van der Waals surface area contributed by atoms with Crippen LogP contribution in [0.2, 0.25) is 0 Å².